The van der Waals surface area contributed by atoms with E-state index in [1.54, 1.807) is 6.07 Å². The van der Waals surface area contributed by atoms with Crippen LogP contribution < -0.4 is 5.32 Å². The number of anilines is 2. The van der Waals surface area contributed by atoms with Gasteiger partial charge in [-0.2, -0.15) is 0 Å². The fraction of sp³-hybridized carbons (Fsp3) is 0.192. The summed E-state index contributed by atoms with van der Waals surface area (Å²) in [5, 5.41) is 17.0. The Hall–Kier alpha value is -4.20. The summed E-state index contributed by atoms with van der Waals surface area (Å²) >= 11 is 0. The largest absolute Gasteiger partial charge is 0.503 e. The molecule has 1 aliphatic carbocycles. The second-order valence-electron chi connectivity index (χ2n) is 8.13. The third-order valence-electron chi connectivity index (χ3n) is 5.84. The fourth-order valence-electron chi connectivity index (χ4n) is 4.19. The Labute approximate surface area is 195 Å². The van der Waals surface area contributed by atoms with Crippen molar-refractivity contribution < 1.29 is 24.2 Å². The SMILES string of the molecule is O=C(O)O.O=C(c1ccc(-c2ccc(Nc3nc4ccccc4[nH]3)c(F)c2)cc1)C1CCCC1. The van der Waals surface area contributed by atoms with Crippen molar-refractivity contribution in [3.63, 3.8) is 0 Å². The summed E-state index contributed by atoms with van der Waals surface area (Å²) in [6.07, 6.45) is 2.43. The van der Waals surface area contributed by atoms with Crippen molar-refractivity contribution in [3.05, 3.63) is 78.1 Å². The molecule has 0 amide bonds. The zero-order valence-electron chi connectivity index (χ0n) is 18.3. The molecule has 0 spiro atoms. The van der Waals surface area contributed by atoms with Gasteiger partial charge in [0.05, 0.1) is 16.7 Å². The number of nitrogens with one attached hydrogen (secondary N) is 2. The van der Waals surface area contributed by atoms with Gasteiger partial charge in [-0.1, -0.05) is 55.3 Å². The summed E-state index contributed by atoms with van der Waals surface area (Å²) in [6, 6.07) is 20.2. The predicted octanol–water partition coefficient (Wildman–Crippen LogP) is 6.71. The van der Waals surface area contributed by atoms with Crippen LogP contribution in [0.1, 0.15) is 36.0 Å². The number of aromatic nitrogens is 2. The number of rotatable bonds is 5. The number of nitrogens with zero attached hydrogens (tertiary/aromatic N) is 1. The van der Waals surface area contributed by atoms with Crippen LogP contribution in [-0.2, 0) is 0 Å². The maximum absolute atomic E-state index is 14.7. The van der Waals surface area contributed by atoms with Gasteiger partial charge in [0.1, 0.15) is 5.82 Å². The van der Waals surface area contributed by atoms with Gasteiger partial charge in [-0.25, -0.2) is 14.2 Å². The van der Waals surface area contributed by atoms with Crippen LogP contribution in [0.15, 0.2) is 66.7 Å². The topological polar surface area (TPSA) is 115 Å². The van der Waals surface area contributed by atoms with Gasteiger partial charge < -0.3 is 20.5 Å². The average molecular weight is 461 g/mol. The Kier molecular flexibility index (Phi) is 6.87. The highest BCUT2D eigenvalue weighted by molar-refractivity contribution is 5.98. The number of aromatic amines is 1. The molecule has 1 heterocycles. The number of carboxylic acid groups (broad SMARTS) is 2. The molecule has 1 aromatic heterocycles. The van der Waals surface area contributed by atoms with Crippen molar-refractivity contribution in [2.75, 3.05) is 5.32 Å². The zero-order valence-corrected chi connectivity index (χ0v) is 18.3. The minimum absolute atomic E-state index is 0.164. The van der Waals surface area contributed by atoms with E-state index in [-0.39, 0.29) is 17.5 Å². The lowest BCUT2D eigenvalue weighted by atomic mass is 9.94. The van der Waals surface area contributed by atoms with E-state index in [2.05, 4.69) is 15.3 Å². The lowest BCUT2D eigenvalue weighted by molar-refractivity contribution is 0.0922. The number of fused-ring (bicyclic) bond motifs is 1. The molecule has 3 aromatic carbocycles. The highest BCUT2D eigenvalue weighted by Crippen LogP contribution is 2.30. The van der Waals surface area contributed by atoms with Crippen LogP contribution >= 0.6 is 0 Å². The predicted molar refractivity (Wildman–Crippen MR) is 128 cm³/mol. The lowest BCUT2D eigenvalue weighted by Crippen LogP contribution is -2.10. The lowest BCUT2D eigenvalue weighted by Gasteiger charge is -2.10. The second-order valence-corrected chi connectivity index (χ2v) is 8.13. The van der Waals surface area contributed by atoms with E-state index < -0.39 is 6.16 Å². The summed E-state index contributed by atoms with van der Waals surface area (Å²) in [5.41, 5.74) is 4.46. The molecule has 0 saturated heterocycles. The van der Waals surface area contributed by atoms with Crippen LogP contribution in [0.4, 0.5) is 20.8 Å². The standard InChI is InChI=1S/C25H22FN3O.CH2O3/c26-20-15-19(16-9-11-18(12-10-16)24(30)17-5-1-2-6-17)13-14-21(20)27-25-28-22-7-3-4-8-23(22)29-25;2-1(3)4/h3-4,7-15,17H,1-2,5-6H2,(H2,27,28,29);(H2,2,3,4). The van der Waals surface area contributed by atoms with Gasteiger partial charge in [-0.15, -0.1) is 0 Å². The summed E-state index contributed by atoms with van der Waals surface area (Å²) in [5.74, 6) is 0.532. The van der Waals surface area contributed by atoms with E-state index in [1.165, 1.54) is 6.07 Å². The normalized spacial score (nSPS) is 13.3. The van der Waals surface area contributed by atoms with Gasteiger partial charge in [0.25, 0.3) is 0 Å². The highest BCUT2D eigenvalue weighted by atomic mass is 19.1. The Morgan fingerprint density at radius 3 is 2.24 bits per heavy atom. The van der Waals surface area contributed by atoms with Gasteiger partial charge >= 0.3 is 6.16 Å². The molecule has 34 heavy (non-hydrogen) atoms. The maximum Gasteiger partial charge on any atom is 0.503 e. The number of ketones is 1. The zero-order chi connectivity index (χ0) is 24.1. The molecule has 1 saturated carbocycles. The summed E-state index contributed by atoms with van der Waals surface area (Å²) in [7, 11) is 0. The minimum atomic E-state index is -1.83. The number of halogens is 1. The van der Waals surface area contributed by atoms with E-state index in [0.717, 1.165) is 53.4 Å². The van der Waals surface area contributed by atoms with E-state index >= 15 is 0 Å². The van der Waals surface area contributed by atoms with Crippen molar-refractivity contribution in [1.29, 1.82) is 0 Å². The van der Waals surface area contributed by atoms with E-state index in [9.17, 15) is 9.18 Å². The Morgan fingerprint density at radius 1 is 0.941 bits per heavy atom. The Balaban J connectivity index is 0.000000636. The van der Waals surface area contributed by atoms with Gasteiger partial charge in [-0.05, 0) is 48.2 Å². The van der Waals surface area contributed by atoms with Gasteiger partial charge in [-0.3, -0.25) is 4.79 Å². The van der Waals surface area contributed by atoms with Crippen LogP contribution in [0.3, 0.4) is 0 Å². The van der Waals surface area contributed by atoms with E-state index in [0.29, 0.717) is 11.6 Å². The first-order valence-electron chi connectivity index (χ1n) is 11.0. The molecule has 0 atom stereocenters. The Bertz CT molecular complexity index is 1270. The van der Waals surface area contributed by atoms with Crippen LogP contribution in [0.2, 0.25) is 0 Å². The summed E-state index contributed by atoms with van der Waals surface area (Å²) < 4.78 is 14.7. The number of para-hydroxylation sites is 2. The molecule has 4 N–H and O–H groups in total. The molecule has 0 unspecified atom stereocenters. The van der Waals surface area contributed by atoms with Crippen LogP contribution in [0.5, 0.6) is 0 Å². The van der Waals surface area contributed by atoms with Crippen molar-refractivity contribution in [3.8, 4) is 11.1 Å². The average Bonchev–Trinajstić information content (AvgIpc) is 3.49. The molecule has 174 valence electrons. The van der Waals surface area contributed by atoms with E-state index in [1.807, 2.05) is 54.6 Å². The first-order valence-corrected chi connectivity index (χ1v) is 11.0. The molecule has 0 radical (unpaired) electrons. The third kappa shape index (κ3) is 5.40. The number of imidazole rings is 1. The maximum atomic E-state index is 14.7. The number of carbonyl (C=O) groups excluding carboxylic acids is 1. The number of hydrogen-bond donors (Lipinski definition) is 4. The number of hydrogen-bond acceptors (Lipinski definition) is 4. The molecule has 5 rings (SSSR count). The molecule has 1 fully saturated rings. The molecule has 4 aromatic rings. The van der Waals surface area contributed by atoms with Crippen LogP contribution in [0, 0.1) is 11.7 Å². The van der Waals surface area contributed by atoms with Gasteiger partial charge in [0.15, 0.2) is 5.78 Å². The van der Waals surface area contributed by atoms with Gasteiger partial charge in [0, 0.05) is 11.5 Å². The third-order valence-corrected chi connectivity index (χ3v) is 5.84. The van der Waals surface area contributed by atoms with Crippen LogP contribution in [0.25, 0.3) is 22.2 Å². The van der Waals surface area contributed by atoms with E-state index in [4.69, 9.17) is 15.0 Å². The molecule has 7 nitrogen and oxygen atoms in total. The molecule has 1 aliphatic rings. The monoisotopic (exact) mass is 461 g/mol. The highest BCUT2D eigenvalue weighted by Gasteiger charge is 2.23. The smallest absolute Gasteiger partial charge is 0.450 e. The van der Waals surface area contributed by atoms with Crippen molar-refractivity contribution in [2.24, 2.45) is 5.92 Å². The fourth-order valence-corrected chi connectivity index (χ4v) is 4.19. The summed E-state index contributed by atoms with van der Waals surface area (Å²) in [6.45, 7) is 0. The quantitative estimate of drug-likeness (QED) is 0.246. The van der Waals surface area contributed by atoms with Gasteiger partial charge in [0.2, 0.25) is 5.95 Å². The molecular weight excluding hydrogens is 437 g/mol. The second kappa shape index (κ2) is 10.2. The number of carbonyl (C=O) groups is 2. The molecular formula is C26H24FN3O4. The number of benzene rings is 3. The van der Waals surface area contributed by atoms with Crippen molar-refractivity contribution >= 4 is 34.6 Å². The number of Topliss-reactive ketones (excluding diaryl/α,β-unsaturated/α-hetero) is 1. The first kappa shape index (κ1) is 23.0. The first-order chi connectivity index (χ1) is 16.4. The Morgan fingerprint density at radius 2 is 1.59 bits per heavy atom. The number of H-pyrrole nitrogens is 1. The van der Waals surface area contributed by atoms with Crippen LogP contribution in [-0.4, -0.2) is 32.1 Å². The molecule has 0 aliphatic heterocycles. The molecule has 8 heteroatoms. The summed E-state index contributed by atoms with van der Waals surface area (Å²) in [4.78, 5) is 28.7. The van der Waals surface area contributed by atoms with Crippen molar-refractivity contribution in [1.82, 2.24) is 9.97 Å². The van der Waals surface area contributed by atoms with Crippen molar-refractivity contribution in [2.45, 2.75) is 25.7 Å². The molecule has 0 bridgehead atoms. The minimum Gasteiger partial charge on any atom is -0.450 e.